The van der Waals surface area contributed by atoms with Crippen LogP contribution in [0.5, 0.6) is 0 Å². The normalized spacial score (nSPS) is 42.7. The van der Waals surface area contributed by atoms with Crippen LogP contribution in [0.15, 0.2) is 0 Å². The van der Waals surface area contributed by atoms with Gasteiger partial charge in [0.2, 0.25) is 0 Å². The van der Waals surface area contributed by atoms with E-state index < -0.39 is 14.9 Å². The average Bonchev–Trinajstić information content (AvgIpc) is 1.08. The van der Waals surface area contributed by atoms with Crippen molar-refractivity contribution in [3.63, 3.8) is 0 Å². The van der Waals surface area contributed by atoms with Crippen molar-refractivity contribution in [1.82, 2.24) is 0 Å². The van der Waals surface area contributed by atoms with Crippen LogP contribution in [0.4, 0.5) is 0 Å². The first kappa shape index (κ1) is 9.00. The Morgan fingerprint density at radius 3 is 1.70 bits per heavy atom. The van der Waals surface area contributed by atoms with Gasteiger partial charge in [0.05, 0.1) is 4.75 Å². The van der Waals surface area contributed by atoms with E-state index in [2.05, 4.69) is 0 Å². The van der Waals surface area contributed by atoms with Gasteiger partial charge in [-0.3, -0.25) is 0 Å². The molecule has 2 bridgehead atoms. The molecule has 5 heteroatoms. The first-order valence-corrected chi connectivity index (χ1v) is 4.40. The Kier molecular flexibility index (Phi) is 1.98. The molecule has 0 amide bonds. The van der Waals surface area contributed by atoms with Crippen molar-refractivity contribution in [2.24, 2.45) is 5.92 Å². The smallest absolute Gasteiger partial charge is 0.748 e. The molecular formula is C5H7NaO3S. The van der Waals surface area contributed by atoms with Crippen molar-refractivity contribution < 1.29 is 42.5 Å². The number of hydrogen-bond donors (Lipinski definition) is 0. The molecule has 0 aromatic rings. The third-order valence-electron chi connectivity index (χ3n) is 2.51. The van der Waals surface area contributed by atoms with Crippen LogP contribution in [0.3, 0.4) is 0 Å². The van der Waals surface area contributed by atoms with Gasteiger partial charge in [-0.2, -0.15) is 0 Å². The van der Waals surface area contributed by atoms with Gasteiger partial charge in [0, 0.05) is 0 Å². The molecule has 0 spiro atoms. The topological polar surface area (TPSA) is 57.2 Å². The van der Waals surface area contributed by atoms with E-state index in [1.807, 2.05) is 0 Å². The fourth-order valence-electron chi connectivity index (χ4n) is 1.71. The summed E-state index contributed by atoms with van der Waals surface area (Å²) in [6.45, 7) is 0. The van der Waals surface area contributed by atoms with E-state index in [9.17, 15) is 13.0 Å². The fraction of sp³-hybridized carbons (Fsp3) is 1.00. The van der Waals surface area contributed by atoms with Crippen LogP contribution in [0.2, 0.25) is 0 Å². The van der Waals surface area contributed by atoms with Crippen LogP contribution in [0.25, 0.3) is 0 Å². The summed E-state index contributed by atoms with van der Waals surface area (Å²) in [5.74, 6) is 0.564. The van der Waals surface area contributed by atoms with E-state index in [0.717, 1.165) is 0 Å². The maximum Gasteiger partial charge on any atom is 1.00 e. The second-order valence-corrected chi connectivity index (χ2v) is 4.89. The van der Waals surface area contributed by atoms with Crippen LogP contribution < -0.4 is 29.6 Å². The van der Waals surface area contributed by atoms with Gasteiger partial charge in [0.25, 0.3) is 0 Å². The Morgan fingerprint density at radius 2 is 1.70 bits per heavy atom. The van der Waals surface area contributed by atoms with Gasteiger partial charge in [-0.05, 0) is 25.2 Å². The zero-order valence-electron chi connectivity index (χ0n) is 5.83. The molecule has 3 nitrogen and oxygen atoms in total. The molecule has 3 aliphatic rings. The minimum absolute atomic E-state index is 0. The van der Waals surface area contributed by atoms with Crippen molar-refractivity contribution in [2.75, 3.05) is 0 Å². The molecule has 0 aromatic carbocycles. The van der Waals surface area contributed by atoms with Gasteiger partial charge < -0.3 is 4.55 Å². The van der Waals surface area contributed by atoms with E-state index in [1.54, 1.807) is 0 Å². The molecule has 0 heterocycles. The van der Waals surface area contributed by atoms with Gasteiger partial charge >= 0.3 is 29.6 Å². The maximum atomic E-state index is 10.4. The zero-order valence-corrected chi connectivity index (χ0v) is 8.65. The molecule has 0 aliphatic heterocycles. The van der Waals surface area contributed by atoms with E-state index in [1.165, 1.54) is 0 Å². The molecule has 3 aliphatic carbocycles. The predicted octanol–water partition coefficient (Wildman–Crippen LogP) is -2.91. The standard InChI is InChI=1S/C5H8O3S.Na/c6-9(7,8)5-1-4(2-5)3-5;/h4H,1-3H2,(H,6,7,8);/q;+1/p-1. The SMILES string of the molecule is O=S(=O)([O-])C12CC(C1)C2.[Na+]. The molecule has 10 heavy (non-hydrogen) atoms. The predicted molar refractivity (Wildman–Crippen MR) is 29.8 cm³/mol. The van der Waals surface area contributed by atoms with Gasteiger partial charge in [0.15, 0.2) is 0 Å². The summed E-state index contributed by atoms with van der Waals surface area (Å²) in [5.41, 5.74) is 0. The molecule has 0 unspecified atom stereocenters. The van der Waals surface area contributed by atoms with E-state index in [-0.39, 0.29) is 29.6 Å². The van der Waals surface area contributed by atoms with Crippen LogP contribution >= 0.6 is 0 Å². The Balaban J connectivity index is 0.000000500. The monoisotopic (exact) mass is 170 g/mol. The minimum Gasteiger partial charge on any atom is -0.748 e. The van der Waals surface area contributed by atoms with Gasteiger partial charge in [-0.1, -0.05) is 0 Å². The summed E-state index contributed by atoms with van der Waals surface area (Å²) in [4.78, 5) is 0. The van der Waals surface area contributed by atoms with Gasteiger partial charge in [0.1, 0.15) is 10.1 Å². The van der Waals surface area contributed by atoms with Crippen LogP contribution in [-0.2, 0) is 10.1 Å². The second kappa shape index (κ2) is 2.20. The Bertz CT molecular complexity index is 229. The Hall–Kier alpha value is 0.910. The molecular weight excluding hydrogens is 163 g/mol. The molecule has 0 aromatic heterocycles. The zero-order chi connectivity index (χ0) is 6.70. The van der Waals surface area contributed by atoms with Crippen molar-refractivity contribution in [2.45, 2.75) is 24.0 Å². The van der Waals surface area contributed by atoms with E-state index >= 15 is 0 Å². The first-order valence-electron chi connectivity index (χ1n) is 2.99. The molecule has 0 saturated heterocycles. The molecule has 0 radical (unpaired) electrons. The third kappa shape index (κ3) is 0.898. The van der Waals surface area contributed by atoms with Crippen molar-refractivity contribution >= 4 is 10.1 Å². The van der Waals surface area contributed by atoms with Gasteiger partial charge in [-0.15, -0.1) is 0 Å². The molecule has 0 N–H and O–H groups in total. The quantitative estimate of drug-likeness (QED) is 0.313. The molecule has 3 fully saturated rings. The van der Waals surface area contributed by atoms with Crippen molar-refractivity contribution in [3.05, 3.63) is 0 Å². The molecule has 0 atom stereocenters. The summed E-state index contributed by atoms with van der Waals surface area (Å²) in [5, 5.41) is 0. The Morgan fingerprint density at radius 1 is 1.30 bits per heavy atom. The first-order chi connectivity index (χ1) is 4.04. The maximum absolute atomic E-state index is 10.4. The Labute approximate surface area is 82.2 Å². The summed E-state index contributed by atoms with van der Waals surface area (Å²) in [6.07, 6.45) is 1.91. The molecule has 52 valence electrons. The molecule has 3 rings (SSSR count). The van der Waals surface area contributed by atoms with Crippen molar-refractivity contribution in [3.8, 4) is 0 Å². The number of rotatable bonds is 1. The van der Waals surface area contributed by atoms with E-state index in [4.69, 9.17) is 0 Å². The van der Waals surface area contributed by atoms with Crippen LogP contribution in [0, 0.1) is 5.92 Å². The van der Waals surface area contributed by atoms with Crippen LogP contribution in [0.1, 0.15) is 19.3 Å². The average molecular weight is 170 g/mol. The number of hydrogen-bond acceptors (Lipinski definition) is 3. The molecule has 3 saturated carbocycles. The van der Waals surface area contributed by atoms with Crippen LogP contribution in [-0.4, -0.2) is 17.7 Å². The van der Waals surface area contributed by atoms with E-state index in [0.29, 0.717) is 25.2 Å². The summed E-state index contributed by atoms with van der Waals surface area (Å²) >= 11 is 0. The van der Waals surface area contributed by atoms with Crippen molar-refractivity contribution in [1.29, 1.82) is 0 Å². The summed E-state index contributed by atoms with van der Waals surface area (Å²) in [7, 11) is -3.95. The summed E-state index contributed by atoms with van der Waals surface area (Å²) < 4.78 is 30.5. The third-order valence-corrected chi connectivity index (χ3v) is 4.07. The minimum atomic E-state index is -3.95. The second-order valence-electron chi connectivity index (χ2n) is 3.12. The largest absolute Gasteiger partial charge is 1.00 e. The van der Waals surface area contributed by atoms with Gasteiger partial charge in [-0.25, -0.2) is 8.42 Å². The summed E-state index contributed by atoms with van der Waals surface area (Å²) in [6, 6.07) is 0. The fourth-order valence-corrected chi connectivity index (χ4v) is 3.02.